The van der Waals surface area contributed by atoms with Crippen LogP contribution in [0.5, 0.6) is 0 Å². The van der Waals surface area contributed by atoms with Crippen molar-refractivity contribution in [2.45, 2.75) is 25.8 Å². The van der Waals surface area contributed by atoms with Crippen molar-refractivity contribution in [2.75, 3.05) is 38.6 Å². The molecule has 1 atom stereocenters. The Morgan fingerprint density at radius 1 is 1.48 bits per heavy atom. The maximum absolute atomic E-state index is 13.6. The van der Waals surface area contributed by atoms with Crippen LogP contribution >= 0.6 is 0 Å². The number of halogens is 1. The molecule has 1 aliphatic rings. The maximum atomic E-state index is 13.6. The van der Waals surface area contributed by atoms with E-state index in [0.717, 1.165) is 25.6 Å². The highest BCUT2D eigenvalue weighted by Crippen LogP contribution is 2.27. The van der Waals surface area contributed by atoms with Crippen LogP contribution in [0.2, 0.25) is 0 Å². The summed E-state index contributed by atoms with van der Waals surface area (Å²) in [6.45, 7) is 7.13. The summed E-state index contributed by atoms with van der Waals surface area (Å²) in [5.74, 6) is -1.51. The third-order valence-corrected chi connectivity index (χ3v) is 4.73. The van der Waals surface area contributed by atoms with Crippen LogP contribution in [-0.4, -0.2) is 54.1 Å². The minimum Gasteiger partial charge on any atom is -0.393 e. The second-order valence-corrected chi connectivity index (χ2v) is 6.28. The van der Waals surface area contributed by atoms with E-state index in [1.165, 1.54) is 0 Å². The lowest BCUT2D eigenvalue weighted by Crippen LogP contribution is -2.56. The molecule has 0 radical (unpaired) electrons. The maximum Gasteiger partial charge on any atom is 0.295 e. The SMILES string of the molecule is CCC(C)(CNC(=O)c1cc(F)cc([N+](=O)[O-])c1N)N1CCOCC1. The number of carbonyl (C=O) groups is 1. The van der Waals surface area contributed by atoms with E-state index in [-0.39, 0.29) is 16.8 Å². The summed E-state index contributed by atoms with van der Waals surface area (Å²) in [7, 11) is 0. The number of carbonyl (C=O) groups excluding carboxylic acids is 1. The minimum absolute atomic E-state index is 0.230. The van der Waals surface area contributed by atoms with Crippen LogP contribution in [-0.2, 0) is 4.74 Å². The quantitative estimate of drug-likeness (QED) is 0.455. The van der Waals surface area contributed by atoms with E-state index in [1.54, 1.807) is 0 Å². The Morgan fingerprint density at radius 2 is 2.12 bits per heavy atom. The van der Waals surface area contributed by atoms with Crippen LogP contribution in [0.3, 0.4) is 0 Å². The van der Waals surface area contributed by atoms with Gasteiger partial charge in [-0.05, 0) is 19.4 Å². The summed E-state index contributed by atoms with van der Waals surface area (Å²) in [5, 5.41) is 13.7. The van der Waals surface area contributed by atoms with Gasteiger partial charge in [0, 0.05) is 25.2 Å². The number of ether oxygens (including phenoxy) is 1. The van der Waals surface area contributed by atoms with Crippen molar-refractivity contribution in [2.24, 2.45) is 0 Å². The Bertz CT molecular complexity index is 664. The summed E-state index contributed by atoms with van der Waals surface area (Å²) in [6, 6.07) is 1.62. The van der Waals surface area contributed by atoms with Gasteiger partial charge in [0.15, 0.2) is 0 Å². The lowest BCUT2D eigenvalue weighted by Gasteiger charge is -2.43. The van der Waals surface area contributed by atoms with Crippen molar-refractivity contribution in [3.63, 3.8) is 0 Å². The van der Waals surface area contributed by atoms with Crippen molar-refractivity contribution in [3.05, 3.63) is 33.6 Å². The molecule has 1 aliphatic heterocycles. The van der Waals surface area contributed by atoms with Gasteiger partial charge in [-0.3, -0.25) is 19.8 Å². The monoisotopic (exact) mass is 354 g/mol. The Balaban J connectivity index is 2.15. The molecule has 1 amide bonds. The zero-order valence-corrected chi connectivity index (χ0v) is 14.4. The number of amides is 1. The number of nitrogens with two attached hydrogens (primary N) is 1. The molecule has 0 saturated carbocycles. The molecule has 0 bridgehead atoms. The molecule has 1 heterocycles. The zero-order valence-electron chi connectivity index (χ0n) is 14.4. The van der Waals surface area contributed by atoms with E-state index < -0.39 is 22.3 Å². The molecule has 9 heteroatoms. The first-order valence-corrected chi connectivity index (χ1v) is 8.13. The number of anilines is 1. The predicted octanol–water partition coefficient (Wildman–Crippen LogP) is 1.55. The highest BCUT2D eigenvalue weighted by molar-refractivity contribution is 6.01. The van der Waals surface area contributed by atoms with Crippen molar-refractivity contribution < 1.29 is 18.8 Å². The minimum atomic E-state index is -0.877. The molecule has 1 aromatic rings. The Hall–Kier alpha value is -2.26. The van der Waals surface area contributed by atoms with Gasteiger partial charge in [0.05, 0.1) is 29.8 Å². The van der Waals surface area contributed by atoms with E-state index in [9.17, 15) is 19.3 Å². The first kappa shape index (κ1) is 19.1. The number of nitrogen functional groups attached to an aromatic ring is 1. The van der Waals surface area contributed by atoms with Crippen LogP contribution < -0.4 is 11.1 Å². The van der Waals surface area contributed by atoms with Gasteiger partial charge in [0.1, 0.15) is 11.5 Å². The van der Waals surface area contributed by atoms with E-state index >= 15 is 0 Å². The van der Waals surface area contributed by atoms with E-state index in [0.29, 0.717) is 25.8 Å². The molecular weight excluding hydrogens is 331 g/mol. The Kier molecular flexibility index (Phi) is 5.91. The molecule has 2 rings (SSSR count). The molecule has 0 aromatic heterocycles. The van der Waals surface area contributed by atoms with E-state index in [4.69, 9.17) is 10.5 Å². The fourth-order valence-electron chi connectivity index (χ4n) is 2.87. The Labute approximate surface area is 145 Å². The fraction of sp³-hybridized carbons (Fsp3) is 0.562. The molecule has 1 fully saturated rings. The average Bonchev–Trinajstić information content (AvgIpc) is 2.61. The Morgan fingerprint density at radius 3 is 2.68 bits per heavy atom. The molecule has 3 N–H and O–H groups in total. The second kappa shape index (κ2) is 7.75. The first-order chi connectivity index (χ1) is 11.8. The third kappa shape index (κ3) is 4.23. The van der Waals surface area contributed by atoms with Gasteiger partial charge in [-0.25, -0.2) is 4.39 Å². The molecule has 1 saturated heterocycles. The first-order valence-electron chi connectivity index (χ1n) is 8.13. The van der Waals surface area contributed by atoms with Crippen LogP contribution in [0.1, 0.15) is 30.6 Å². The van der Waals surface area contributed by atoms with Gasteiger partial charge in [0.25, 0.3) is 11.6 Å². The normalized spacial score (nSPS) is 17.7. The summed E-state index contributed by atoms with van der Waals surface area (Å²) in [5.41, 5.74) is 4.19. The summed E-state index contributed by atoms with van der Waals surface area (Å²) in [6.07, 6.45) is 0.784. The zero-order chi connectivity index (χ0) is 18.6. The highest BCUT2D eigenvalue weighted by Gasteiger charge is 2.32. The molecule has 1 aromatic carbocycles. The molecular formula is C16H23FN4O4. The highest BCUT2D eigenvalue weighted by atomic mass is 19.1. The van der Waals surface area contributed by atoms with Crippen LogP contribution in [0.25, 0.3) is 0 Å². The van der Waals surface area contributed by atoms with E-state index in [2.05, 4.69) is 10.2 Å². The fourth-order valence-corrected chi connectivity index (χ4v) is 2.87. The number of nitro benzene ring substituents is 1. The van der Waals surface area contributed by atoms with Crippen LogP contribution in [0.15, 0.2) is 12.1 Å². The van der Waals surface area contributed by atoms with Crippen LogP contribution in [0.4, 0.5) is 15.8 Å². The lowest BCUT2D eigenvalue weighted by molar-refractivity contribution is -0.384. The molecule has 0 spiro atoms. The van der Waals surface area contributed by atoms with Crippen molar-refractivity contribution >= 4 is 17.3 Å². The van der Waals surface area contributed by atoms with Gasteiger partial charge >= 0.3 is 0 Å². The topological polar surface area (TPSA) is 111 Å². The predicted molar refractivity (Wildman–Crippen MR) is 90.9 cm³/mol. The molecule has 25 heavy (non-hydrogen) atoms. The number of hydrogen-bond acceptors (Lipinski definition) is 6. The number of hydrogen-bond donors (Lipinski definition) is 2. The molecule has 138 valence electrons. The second-order valence-electron chi connectivity index (χ2n) is 6.28. The van der Waals surface area contributed by atoms with Gasteiger partial charge in [-0.1, -0.05) is 6.92 Å². The lowest BCUT2D eigenvalue weighted by atomic mass is 9.95. The van der Waals surface area contributed by atoms with Crippen LogP contribution in [0, 0.1) is 15.9 Å². The third-order valence-electron chi connectivity index (χ3n) is 4.73. The van der Waals surface area contributed by atoms with Gasteiger partial charge < -0.3 is 15.8 Å². The van der Waals surface area contributed by atoms with Crippen molar-refractivity contribution in [1.29, 1.82) is 0 Å². The smallest absolute Gasteiger partial charge is 0.295 e. The molecule has 8 nitrogen and oxygen atoms in total. The van der Waals surface area contributed by atoms with Gasteiger partial charge in [-0.15, -0.1) is 0 Å². The number of benzene rings is 1. The molecule has 0 aliphatic carbocycles. The number of morpholine rings is 1. The largest absolute Gasteiger partial charge is 0.393 e. The summed E-state index contributed by atoms with van der Waals surface area (Å²) in [4.78, 5) is 24.8. The van der Waals surface area contributed by atoms with Crippen molar-refractivity contribution in [1.82, 2.24) is 10.2 Å². The number of nitrogens with zero attached hydrogens (tertiary/aromatic N) is 2. The molecule has 1 unspecified atom stereocenters. The van der Waals surface area contributed by atoms with E-state index in [1.807, 2.05) is 13.8 Å². The standard InChI is InChI=1S/C16H23FN4O4/c1-3-16(2,20-4-6-25-7-5-20)10-19-15(22)12-8-11(17)9-13(14(12)18)21(23)24/h8-9H,3-7,10,18H2,1-2H3,(H,19,22). The number of nitrogens with one attached hydrogen (secondary N) is 1. The summed E-state index contributed by atoms with van der Waals surface area (Å²) < 4.78 is 18.9. The average molecular weight is 354 g/mol. The summed E-state index contributed by atoms with van der Waals surface area (Å²) >= 11 is 0. The number of rotatable bonds is 6. The van der Waals surface area contributed by atoms with Crippen molar-refractivity contribution in [3.8, 4) is 0 Å². The van der Waals surface area contributed by atoms with Gasteiger partial charge in [-0.2, -0.15) is 0 Å². The van der Waals surface area contributed by atoms with Gasteiger partial charge in [0.2, 0.25) is 0 Å². The number of nitro groups is 1.